The number of rotatable bonds is 2. The fourth-order valence-corrected chi connectivity index (χ4v) is 1.03. The minimum Gasteiger partial charge on any atom is -0.381 e. The molecule has 0 aliphatic rings. The van der Waals surface area contributed by atoms with Gasteiger partial charge < -0.3 is 16.0 Å². The summed E-state index contributed by atoms with van der Waals surface area (Å²) in [7, 11) is 5.25. The number of hydrogen-bond donors (Lipinski definition) is 3. The smallest absolute Gasteiger partial charge is 0.277 e. The second-order valence-electron chi connectivity index (χ2n) is 2.79. The molecule has 6 heteroatoms. The lowest BCUT2D eigenvalue weighted by molar-refractivity contribution is 1.03. The van der Waals surface area contributed by atoms with Gasteiger partial charge in [0.15, 0.2) is 5.82 Å². The van der Waals surface area contributed by atoms with Gasteiger partial charge in [0.2, 0.25) is 5.95 Å². The molecule has 13 heavy (non-hydrogen) atoms. The van der Waals surface area contributed by atoms with E-state index in [1.54, 1.807) is 26.0 Å². The van der Waals surface area contributed by atoms with Gasteiger partial charge in [-0.1, -0.05) is 0 Å². The van der Waals surface area contributed by atoms with Gasteiger partial charge >= 0.3 is 0 Å². The van der Waals surface area contributed by atoms with E-state index in [2.05, 4.69) is 15.3 Å². The highest BCUT2D eigenvalue weighted by Gasteiger charge is 2.09. The second kappa shape index (κ2) is 3.34. The first-order valence-corrected chi connectivity index (χ1v) is 3.81. The van der Waals surface area contributed by atoms with Crippen molar-refractivity contribution in [2.24, 2.45) is 0 Å². The van der Waals surface area contributed by atoms with E-state index in [9.17, 15) is 4.79 Å². The molecule has 0 aliphatic carbocycles. The molecule has 4 N–H and O–H groups in total. The summed E-state index contributed by atoms with van der Waals surface area (Å²) in [6.45, 7) is 0. The summed E-state index contributed by atoms with van der Waals surface area (Å²) in [5.74, 6) is 0.649. The van der Waals surface area contributed by atoms with Crippen molar-refractivity contribution in [2.45, 2.75) is 0 Å². The van der Waals surface area contributed by atoms with Crippen molar-refractivity contribution < 1.29 is 0 Å². The number of H-pyrrole nitrogens is 1. The van der Waals surface area contributed by atoms with Gasteiger partial charge in [-0.25, -0.2) is 0 Å². The van der Waals surface area contributed by atoms with Crippen molar-refractivity contribution in [1.82, 2.24) is 9.97 Å². The highest BCUT2D eigenvalue weighted by molar-refractivity contribution is 5.64. The van der Waals surface area contributed by atoms with Crippen molar-refractivity contribution in [1.29, 1.82) is 0 Å². The number of nitrogens with two attached hydrogens (primary N) is 1. The van der Waals surface area contributed by atoms with Gasteiger partial charge in [-0.05, 0) is 0 Å². The zero-order chi connectivity index (χ0) is 10.0. The van der Waals surface area contributed by atoms with Gasteiger partial charge in [-0.2, -0.15) is 4.98 Å². The predicted molar refractivity (Wildman–Crippen MR) is 53.1 cm³/mol. The summed E-state index contributed by atoms with van der Waals surface area (Å²) in [6, 6.07) is 0. The van der Waals surface area contributed by atoms with Crippen LogP contribution in [0.25, 0.3) is 0 Å². The molecule has 72 valence electrons. The number of anilines is 3. The number of nitrogen functional groups attached to an aromatic ring is 1. The van der Waals surface area contributed by atoms with Crippen molar-refractivity contribution in [3.63, 3.8) is 0 Å². The summed E-state index contributed by atoms with van der Waals surface area (Å²) in [5.41, 5.74) is 5.55. The Morgan fingerprint density at radius 1 is 1.54 bits per heavy atom. The average molecular weight is 183 g/mol. The van der Waals surface area contributed by atoms with Crippen LogP contribution < -0.4 is 21.5 Å². The van der Waals surface area contributed by atoms with Gasteiger partial charge in [-0.3, -0.25) is 9.78 Å². The average Bonchev–Trinajstić information content (AvgIpc) is 2.02. The Morgan fingerprint density at radius 3 is 2.62 bits per heavy atom. The lowest BCUT2D eigenvalue weighted by Crippen LogP contribution is -2.22. The maximum Gasteiger partial charge on any atom is 0.277 e. The Hall–Kier alpha value is -1.72. The Kier molecular flexibility index (Phi) is 2.41. The third kappa shape index (κ3) is 1.71. The number of aromatic nitrogens is 2. The quantitative estimate of drug-likeness (QED) is 0.573. The first-order valence-electron chi connectivity index (χ1n) is 3.81. The van der Waals surface area contributed by atoms with E-state index < -0.39 is 0 Å². The van der Waals surface area contributed by atoms with Gasteiger partial charge in [0.1, 0.15) is 5.69 Å². The van der Waals surface area contributed by atoms with Crippen molar-refractivity contribution >= 4 is 17.5 Å². The standard InChI is InChI=1S/C7H13N5O/c1-9-4-5(12(2)3)10-7(8)11-6(4)13/h9H,1-3H3,(H3,8,10,11,13). The number of aromatic amines is 1. The lowest BCUT2D eigenvalue weighted by Gasteiger charge is -2.14. The first kappa shape index (κ1) is 9.37. The van der Waals surface area contributed by atoms with Crippen LogP contribution in [0.2, 0.25) is 0 Å². The Morgan fingerprint density at radius 2 is 2.15 bits per heavy atom. The normalized spacial score (nSPS) is 9.77. The van der Waals surface area contributed by atoms with Crippen LogP contribution in [0, 0.1) is 0 Å². The van der Waals surface area contributed by atoms with Crippen LogP contribution in [0.1, 0.15) is 0 Å². The maximum atomic E-state index is 11.3. The third-order valence-electron chi connectivity index (χ3n) is 1.59. The number of nitrogens with one attached hydrogen (secondary N) is 2. The molecule has 6 nitrogen and oxygen atoms in total. The maximum absolute atomic E-state index is 11.3. The van der Waals surface area contributed by atoms with Gasteiger partial charge in [0, 0.05) is 21.1 Å². The molecule has 1 rings (SSSR count). The molecule has 0 saturated heterocycles. The summed E-state index contributed by atoms with van der Waals surface area (Å²) in [4.78, 5) is 19.4. The Bertz CT molecular complexity index is 356. The molecule has 0 atom stereocenters. The molecule has 0 aliphatic heterocycles. The highest BCUT2D eigenvalue weighted by Crippen LogP contribution is 2.15. The van der Waals surface area contributed by atoms with Crippen LogP contribution >= 0.6 is 0 Å². The van der Waals surface area contributed by atoms with Crippen LogP contribution in [0.4, 0.5) is 17.5 Å². The largest absolute Gasteiger partial charge is 0.381 e. The molecule has 0 unspecified atom stereocenters. The lowest BCUT2D eigenvalue weighted by atomic mass is 10.4. The van der Waals surface area contributed by atoms with Gasteiger partial charge in [-0.15, -0.1) is 0 Å². The number of nitrogens with zero attached hydrogens (tertiary/aromatic N) is 2. The van der Waals surface area contributed by atoms with Crippen molar-refractivity contribution in [2.75, 3.05) is 37.1 Å². The molecular formula is C7H13N5O. The van der Waals surface area contributed by atoms with Crippen LogP contribution in [0.15, 0.2) is 4.79 Å². The first-order chi connectivity index (χ1) is 6.06. The Labute approximate surface area is 75.8 Å². The molecule has 0 radical (unpaired) electrons. The van der Waals surface area contributed by atoms with Crippen molar-refractivity contribution in [3.8, 4) is 0 Å². The van der Waals surface area contributed by atoms with Crippen LogP contribution in [-0.4, -0.2) is 31.1 Å². The summed E-state index contributed by atoms with van der Waals surface area (Å²) >= 11 is 0. The minimum absolute atomic E-state index is 0.118. The van der Waals surface area contributed by atoms with Gasteiger partial charge in [0.05, 0.1) is 0 Å². The van der Waals surface area contributed by atoms with E-state index in [4.69, 9.17) is 5.73 Å². The van der Waals surface area contributed by atoms with E-state index in [-0.39, 0.29) is 11.5 Å². The fourth-order valence-electron chi connectivity index (χ4n) is 1.03. The molecular weight excluding hydrogens is 170 g/mol. The SMILES string of the molecule is CNc1c(N(C)C)nc(N)[nH]c1=O. The zero-order valence-corrected chi connectivity index (χ0v) is 7.88. The molecule has 0 amide bonds. The third-order valence-corrected chi connectivity index (χ3v) is 1.59. The molecule has 0 spiro atoms. The van der Waals surface area contributed by atoms with Gasteiger partial charge in [0.25, 0.3) is 5.56 Å². The molecule has 0 aromatic carbocycles. The van der Waals surface area contributed by atoms with E-state index in [0.29, 0.717) is 11.5 Å². The topological polar surface area (TPSA) is 87.0 Å². The molecule has 1 aromatic rings. The van der Waals surface area contributed by atoms with Crippen LogP contribution in [0.5, 0.6) is 0 Å². The fraction of sp³-hybridized carbons (Fsp3) is 0.429. The monoisotopic (exact) mass is 183 g/mol. The molecule has 0 saturated carbocycles. The highest BCUT2D eigenvalue weighted by atomic mass is 16.1. The van der Waals surface area contributed by atoms with E-state index in [1.165, 1.54) is 0 Å². The van der Waals surface area contributed by atoms with E-state index in [0.717, 1.165) is 0 Å². The molecule has 0 fully saturated rings. The summed E-state index contributed by atoms with van der Waals surface area (Å²) in [6.07, 6.45) is 0. The molecule has 1 aromatic heterocycles. The van der Waals surface area contributed by atoms with Crippen LogP contribution in [0.3, 0.4) is 0 Å². The summed E-state index contributed by atoms with van der Waals surface area (Å²) in [5, 5.41) is 2.77. The second-order valence-corrected chi connectivity index (χ2v) is 2.79. The van der Waals surface area contributed by atoms with E-state index in [1.807, 2.05) is 0 Å². The minimum atomic E-state index is -0.265. The summed E-state index contributed by atoms with van der Waals surface area (Å²) < 4.78 is 0. The predicted octanol–water partition coefficient (Wildman–Crippen LogP) is -0.540. The Balaban J connectivity index is 3.38. The number of hydrogen-bond acceptors (Lipinski definition) is 5. The van der Waals surface area contributed by atoms with E-state index >= 15 is 0 Å². The molecule has 0 bridgehead atoms. The zero-order valence-electron chi connectivity index (χ0n) is 7.88. The van der Waals surface area contributed by atoms with Crippen molar-refractivity contribution in [3.05, 3.63) is 10.4 Å². The molecule has 1 heterocycles. The van der Waals surface area contributed by atoms with Crippen LogP contribution in [-0.2, 0) is 0 Å².